The SMILES string of the molecule is CC(C)[C@H](C)NC(=O)Nc1ccc(F)c(NC(=O)C2CCCCC2)c1. The summed E-state index contributed by atoms with van der Waals surface area (Å²) in [6, 6.07) is 3.85. The monoisotopic (exact) mass is 349 g/mol. The van der Waals surface area contributed by atoms with Crippen molar-refractivity contribution in [1.29, 1.82) is 0 Å². The molecule has 1 aliphatic carbocycles. The Labute approximate surface area is 148 Å². The molecule has 1 saturated carbocycles. The highest BCUT2D eigenvalue weighted by Crippen LogP contribution is 2.26. The molecule has 6 heteroatoms. The fraction of sp³-hybridized carbons (Fsp3) is 0.579. The molecular weight excluding hydrogens is 321 g/mol. The predicted molar refractivity (Wildman–Crippen MR) is 98.1 cm³/mol. The van der Waals surface area contributed by atoms with E-state index in [2.05, 4.69) is 16.0 Å². The lowest BCUT2D eigenvalue weighted by atomic mass is 9.88. The first-order valence-electron chi connectivity index (χ1n) is 9.04. The third kappa shape index (κ3) is 5.73. The molecule has 0 aromatic heterocycles. The van der Waals surface area contributed by atoms with Crippen LogP contribution in [0.2, 0.25) is 0 Å². The number of hydrogen-bond acceptors (Lipinski definition) is 2. The van der Waals surface area contributed by atoms with Gasteiger partial charge in [0.05, 0.1) is 5.69 Å². The largest absolute Gasteiger partial charge is 0.335 e. The topological polar surface area (TPSA) is 70.2 Å². The summed E-state index contributed by atoms with van der Waals surface area (Å²) in [6.07, 6.45) is 4.93. The van der Waals surface area contributed by atoms with Gasteiger partial charge in [0.15, 0.2) is 0 Å². The van der Waals surface area contributed by atoms with Crippen LogP contribution in [0.15, 0.2) is 18.2 Å². The maximum absolute atomic E-state index is 14.0. The number of benzene rings is 1. The third-order valence-electron chi connectivity index (χ3n) is 4.82. The minimum absolute atomic E-state index is 0.0194. The molecule has 0 unspecified atom stereocenters. The zero-order valence-corrected chi connectivity index (χ0v) is 15.2. The summed E-state index contributed by atoms with van der Waals surface area (Å²) < 4.78 is 14.0. The summed E-state index contributed by atoms with van der Waals surface area (Å²) in [5, 5.41) is 8.17. The molecule has 0 radical (unpaired) electrons. The average molecular weight is 349 g/mol. The summed E-state index contributed by atoms with van der Waals surface area (Å²) in [6.45, 7) is 5.95. The van der Waals surface area contributed by atoms with Crippen LogP contribution in [-0.4, -0.2) is 18.0 Å². The number of carbonyl (C=O) groups is 2. The second-order valence-corrected chi connectivity index (χ2v) is 7.15. The van der Waals surface area contributed by atoms with Gasteiger partial charge in [-0.05, 0) is 43.9 Å². The maximum atomic E-state index is 14.0. The van der Waals surface area contributed by atoms with Gasteiger partial charge in [-0.2, -0.15) is 0 Å². The van der Waals surface area contributed by atoms with Gasteiger partial charge in [-0.1, -0.05) is 33.1 Å². The molecule has 0 spiro atoms. The Morgan fingerprint density at radius 2 is 1.76 bits per heavy atom. The second kappa shape index (κ2) is 8.83. The quantitative estimate of drug-likeness (QED) is 0.732. The van der Waals surface area contributed by atoms with Crippen molar-refractivity contribution in [3.63, 3.8) is 0 Å². The van der Waals surface area contributed by atoms with Crippen LogP contribution >= 0.6 is 0 Å². The van der Waals surface area contributed by atoms with Gasteiger partial charge in [-0.25, -0.2) is 9.18 Å². The lowest BCUT2D eigenvalue weighted by Gasteiger charge is -2.21. The normalized spacial score (nSPS) is 16.4. The van der Waals surface area contributed by atoms with Crippen molar-refractivity contribution in [3.05, 3.63) is 24.0 Å². The molecule has 25 heavy (non-hydrogen) atoms. The Kier molecular flexibility index (Phi) is 6.79. The average Bonchev–Trinajstić information content (AvgIpc) is 2.58. The smallest absolute Gasteiger partial charge is 0.319 e. The van der Waals surface area contributed by atoms with E-state index in [1.165, 1.54) is 18.2 Å². The standard InChI is InChI=1S/C19H28FN3O2/c1-12(2)13(3)21-19(25)22-15-9-10-16(20)17(11-15)23-18(24)14-7-5-4-6-8-14/h9-14H,4-8H2,1-3H3,(H,23,24)(H2,21,22,25)/t13-/m0/s1. The van der Waals surface area contributed by atoms with Crippen molar-refractivity contribution < 1.29 is 14.0 Å². The zero-order chi connectivity index (χ0) is 18.4. The van der Waals surface area contributed by atoms with Gasteiger partial charge in [0.25, 0.3) is 0 Å². The Bertz CT molecular complexity index is 613. The number of anilines is 2. The highest BCUT2D eigenvalue weighted by molar-refractivity contribution is 5.94. The summed E-state index contributed by atoms with van der Waals surface area (Å²) in [5.74, 6) is -0.399. The van der Waals surface area contributed by atoms with Gasteiger partial charge in [-0.3, -0.25) is 4.79 Å². The van der Waals surface area contributed by atoms with Crippen molar-refractivity contribution in [2.75, 3.05) is 10.6 Å². The molecule has 1 atom stereocenters. The minimum Gasteiger partial charge on any atom is -0.335 e. The Balaban J connectivity index is 1.99. The predicted octanol–water partition coefficient (Wildman–Crippen LogP) is 4.51. The summed E-state index contributed by atoms with van der Waals surface area (Å²) in [7, 11) is 0. The molecule has 1 aromatic rings. The molecule has 5 nitrogen and oxygen atoms in total. The minimum atomic E-state index is -0.509. The molecule has 0 saturated heterocycles. The number of hydrogen-bond donors (Lipinski definition) is 3. The number of amides is 3. The fourth-order valence-corrected chi connectivity index (χ4v) is 2.84. The van der Waals surface area contributed by atoms with E-state index in [1.54, 1.807) is 0 Å². The van der Waals surface area contributed by atoms with Crippen molar-refractivity contribution >= 4 is 23.3 Å². The molecular formula is C19H28FN3O2. The number of halogens is 1. The molecule has 0 aliphatic heterocycles. The molecule has 1 fully saturated rings. The van der Waals surface area contributed by atoms with Crippen molar-refractivity contribution in [2.45, 2.75) is 58.9 Å². The van der Waals surface area contributed by atoms with Crippen molar-refractivity contribution in [2.24, 2.45) is 11.8 Å². The first-order chi connectivity index (χ1) is 11.9. The first kappa shape index (κ1) is 19.2. The zero-order valence-electron chi connectivity index (χ0n) is 15.2. The van der Waals surface area contributed by atoms with Crippen LogP contribution in [0.5, 0.6) is 0 Å². The number of urea groups is 1. The first-order valence-corrected chi connectivity index (χ1v) is 9.04. The molecule has 138 valence electrons. The molecule has 1 aromatic carbocycles. The molecule has 0 bridgehead atoms. The van der Waals surface area contributed by atoms with Crippen LogP contribution in [0.1, 0.15) is 52.9 Å². The molecule has 1 aliphatic rings. The van der Waals surface area contributed by atoms with E-state index < -0.39 is 5.82 Å². The second-order valence-electron chi connectivity index (χ2n) is 7.15. The van der Waals surface area contributed by atoms with Crippen molar-refractivity contribution in [3.8, 4) is 0 Å². The summed E-state index contributed by atoms with van der Waals surface area (Å²) >= 11 is 0. The number of rotatable bonds is 5. The van der Waals surface area contributed by atoms with E-state index in [9.17, 15) is 14.0 Å². The summed E-state index contributed by atoms with van der Waals surface area (Å²) in [5.41, 5.74) is 0.541. The Morgan fingerprint density at radius 1 is 1.08 bits per heavy atom. The fourth-order valence-electron chi connectivity index (χ4n) is 2.84. The van der Waals surface area contributed by atoms with Crippen LogP contribution in [0.4, 0.5) is 20.6 Å². The molecule has 3 amide bonds. The van der Waals surface area contributed by atoms with Gasteiger partial charge < -0.3 is 16.0 Å². The highest BCUT2D eigenvalue weighted by Gasteiger charge is 2.22. The van der Waals surface area contributed by atoms with Crippen LogP contribution in [-0.2, 0) is 4.79 Å². The van der Waals surface area contributed by atoms with E-state index >= 15 is 0 Å². The summed E-state index contributed by atoms with van der Waals surface area (Å²) in [4.78, 5) is 24.3. The Hall–Kier alpha value is -2.11. The van der Waals surface area contributed by atoms with Gasteiger partial charge >= 0.3 is 6.03 Å². The van der Waals surface area contributed by atoms with Crippen LogP contribution in [0.25, 0.3) is 0 Å². The number of nitrogens with one attached hydrogen (secondary N) is 3. The van der Waals surface area contributed by atoms with Crippen LogP contribution in [0.3, 0.4) is 0 Å². The Morgan fingerprint density at radius 3 is 2.40 bits per heavy atom. The van der Waals surface area contributed by atoms with E-state index in [-0.39, 0.29) is 29.6 Å². The molecule has 3 N–H and O–H groups in total. The third-order valence-corrected chi connectivity index (χ3v) is 4.82. The van der Waals surface area contributed by atoms with Crippen molar-refractivity contribution in [1.82, 2.24) is 5.32 Å². The van der Waals surface area contributed by atoms with Gasteiger partial charge in [0, 0.05) is 17.6 Å². The highest BCUT2D eigenvalue weighted by atomic mass is 19.1. The van der Waals surface area contributed by atoms with E-state index in [1.807, 2.05) is 20.8 Å². The van der Waals surface area contributed by atoms with Crippen LogP contribution in [0, 0.1) is 17.7 Å². The van der Waals surface area contributed by atoms with E-state index in [0.717, 1.165) is 32.1 Å². The molecule has 0 heterocycles. The van der Waals surface area contributed by atoms with E-state index in [0.29, 0.717) is 11.6 Å². The van der Waals surface area contributed by atoms with Gasteiger partial charge in [0.1, 0.15) is 5.82 Å². The van der Waals surface area contributed by atoms with E-state index in [4.69, 9.17) is 0 Å². The number of carbonyl (C=O) groups excluding carboxylic acids is 2. The maximum Gasteiger partial charge on any atom is 0.319 e. The van der Waals surface area contributed by atoms with Gasteiger partial charge in [-0.15, -0.1) is 0 Å². The lowest BCUT2D eigenvalue weighted by Crippen LogP contribution is -2.39. The lowest BCUT2D eigenvalue weighted by molar-refractivity contribution is -0.120. The van der Waals surface area contributed by atoms with Gasteiger partial charge in [0.2, 0.25) is 5.91 Å². The van der Waals surface area contributed by atoms with Crippen LogP contribution < -0.4 is 16.0 Å². The molecule has 2 rings (SSSR count).